The molecule has 0 spiro atoms. The molecule has 2 N–H and O–H groups in total. The summed E-state index contributed by atoms with van der Waals surface area (Å²) in [6, 6.07) is 0. The lowest BCUT2D eigenvalue weighted by Crippen LogP contribution is -2.39. The van der Waals surface area contributed by atoms with Gasteiger partial charge in [-0.25, -0.2) is 0 Å². The zero-order valence-electron chi connectivity index (χ0n) is 11.0. The van der Waals surface area contributed by atoms with Gasteiger partial charge in [0, 0.05) is 13.2 Å². The Morgan fingerprint density at radius 3 is 2.82 bits per heavy atom. The molecule has 1 saturated heterocycles. The number of thioether (sulfide) groups is 1. The van der Waals surface area contributed by atoms with E-state index in [9.17, 15) is 4.79 Å². The maximum absolute atomic E-state index is 11.9. The average Bonchev–Trinajstić information content (AvgIpc) is 2.35. The van der Waals surface area contributed by atoms with Crippen LogP contribution in [0.1, 0.15) is 46.0 Å². The first-order chi connectivity index (χ1) is 8.05. The van der Waals surface area contributed by atoms with Crippen molar-refractivity contribution in [2.45, 2.75) is 51.2 Å². The Morgan fingerprint density at radius 1 is 1.47 bits per heavy atom. The molecule has 1 heterocycles. The van der Waals surface area contributed by atoms with E-state index in [-0.39, 0.29) is 23.2 Å². The van der Waals surface area contributed by atoms with Crippen LogP contribution in [0.5, 0.6) is 0 Å². The van der Waals surface area contributed by atoms with Crippen molar-refractivity contribution < 1.29 is 9.90 Å². The smallest absolute Gasteiger partial charge is 0.233 e. The van der Waals surface area contributed by atoms with Crippen molar-refractivity contribution in [1.82, 2.24) is 5.32 Å². The highest BCUT2D eigenvalue weighted by Gasteiger charge is 2.24. The third-order valence-electron chi connectivity index (χ3n) is 3.22. The number of hydrogen-bond acceptors (Lipinski definition) is 3. The van der Waals surface area contributed by atoms with Gasteiger partial charge in [-0.1, -0.05) is 20.3 Å². The lowest BCUT2D eigenvalue weighted by Gasteiger charge is -2.27. The molecule has 100 valence electrons. The zero-order chi connectivity index (χ0) is 12.7. The number of amides is 1. The fourth-order valence-corrected chi connectivity index (χ4v) is 3.26. The van der Waals surface area contributed by atoms with Crippen LogP contribution in [0.25, 0.3) is 0 Å². The molecule has 17 heavy (non-hydrogen) atoms. The molecular formula is C13H25NO2S. The molecule has 1 amide bonds. The van der Waals surface area contributed by atoms with Gasteiger partial charge in [-0.3, -0.25) is 4.79 Å². The Hall–Kier alpha value is -0.220. The first-order valence-electron chi connectivity index (χ1n) is 6.55. The normalized spacial score (nSPS) is 21.2. The molecule has 0 aromatic carbocycles. The quantitative estimate of drug-likeness (QED) is 0.769. The van der Waals surface area contributed by atoms with Crippen LogP contribution in [0.4, 0.5) is 0 Å². The van der Waals surface area contributed by atoms with Gasteiger partial charge in [0.15, 0.2) is 0 Å². The van der Waals surface area contributed by atoms with Crippen LogP contribution in [0, 0.1) is 5.41 Å². The molecule has 1 fully saturated rings. The summed E-state index contributed by atoms with van der Waals surface area (Å²) in [5.41, 5.74) is 0.0811. The highest BCUT2D eigenvalue weighted by atomic mass is 32.2. The van der Waals surface area contributed by atoms with Gasteiger partial charge in [0.1, 0.15) is 0 Å². The van der Waals surface area contributed by atoms with Gasteiger partial charge in [-0.15, -0.1) is 11.8 Å². The number of rotatable bonds is 6. The highest BCUT2D eigenvalue weighted by Crippen LogP contribution is 2.26. The van der Waals surface area contributed by atoms with E-state index in [1.54, 1.807) is 11.8 Å². The first kappa shape index (κ1) is 14.8. The predicted octanol–water partition coefficient (Wildman–Crippen LogP) is 2.19. The van der Waals surface area contributed by atoms with Gasteiger partial charge in [0.2, 0.25) is 5.91 Å². The van der Waals surface area contributed by atoms with Crippen LogP contribution in [0.3, 0.4) is 0 Å². The van der Waals surface area contributed by atoms with E-state index in [0.29, 0.717) is 6.54 Å². The summed E-state index contributed by atoms with van der Waals surface area (Å²) >= 11 is 1.79. The molecule has 0 bridgehead atoms. The molecule has 1 aliphatic heterocycles. The minimum atomic E-state index is 0.0811. The van der Waals surface area contributed by atoms with Gasteiger partial charge in [-0.2, -0.15) is 0 Å². The van der Waals surface area contributed by atoms with Gasteiger partial charge in [0.05, 0.1) is 5.25 Å². The monoisotopic (exact) mass is 259 g/mol. The summed E-state index contributed by atoms with van der Waals surface area (Å²) in [4.78, 5) is 11.9. The summed E-state index contributed by atoms with van der Waals surface area (Å²) in [5.74, 6) is 1.32. The fourth-order valence-electron chi connectivity index (χ4n) is 2.03. The van der Waals surface area contributed by atoms with E-state index in [4.69, 9.17) is 5.11 Å². The minimum Gasteiger partial charge on any atom is -0.396 e. The summed E-state index contributed by atoms with van der Waals surface area (Å²) in [6.07, 6.45) is 5.20. The number of nitrogens with one attached hydrogen (secondary N) is 1. The molecule has 0 aromatic rings. The third kappa shape index (κ3) is 5.77. The minimum absolute atomic E-state index is 0.0811. The molecule has 1 atom stereocenters. The molecule has 3 nitrogen and oxygen atoms in total. The van der Waals surface area contributed by atoms with E-state index in [0.717, 1.165) is 25.0 Å². The van der Waals surface area contributed by atoms with Crippen LogP contribution < -0.4 is 5.32 Å². The van der Waals surface area contributed by atoms with Gasteiger partial charge in [0.25, 0.3) is 0 Å². The molecule has 0 saturated carbocycles. The lowest BCUT2D eigenvalue weighted by molar-refractivity contribution is -0.121. The van der Waals surface area contributed by atoms with E-state index in [2.05, 4.69) is 19.2 Å². The number of aliphatic hydroxyl groups excluding tert-OH is 1. The highest BCUT2D eigenvalue weighted by molar-refractivity contribution is 8.00. The van der Waals surface area contributed by atoms with Crippen molar-refractivity contribution in [3.63, 3.8) is 0 Å². The molecule has 1 aliphatic rings. The summed E-state index contributed by atoms with van der Waals surface area (Å²) in [5, 5.41) is 12.0. The largest absolute Gasteiger partial charge is 0.396 e. The Balaban J connectivity index is 2.26. The molecular weight excluding hydrogens is 234 g/mol. The van der Waals surface area contributed by atoms with E-state index >= 15 is 0 Å². The molecule has 1 rings (SSSR count). The number of hydrogen-bond donors (Lipinski definition) is 2. The van der Waals surface area contributed by atoms with Crippen molar-refractivity contribution in [3.05, 3.63) is 0 Å². The second kappa shape index (κ2) is 7.27. The van der Waals surface area contributed by atoms with Crippen molar-refractivity contribution in [1.29, 1.82) is 0 Å². The Bertz CT molecular complexity index is 238. The van der Waals surface area contributed by atoms with Crippen LogP contribution in [0.15, 0.2) is 0 Å². The van der Waals surface area contributed by atoms with E-state index in [1.807, 2.05) is 0 Å². The van der Waals surface area contributed by atoms with Crippen molar-refractivity contribution in [3.8, 4) is 0 Å². The summed E-state index contributed by atoms with van der Waals surface area (Å²) in [7, 11) is 0. The van der Waals surface area contributed by atoms with Gasteiger partial charge in [-0.05, 0) is 36.9 Å². The first-order valence-corrected chi connectivity index (χ1v) is 7.60. The SMILES string of the molecule is CC(C)(CCCO)CNC(=O)C1CCCCS1. The summed E-state index contributed by atoms with van der Waals surface area (Å²) < 4.78 is 0. The lowest BCUT2D eigenvalue weighted by atomic mass is 9.88. The van der Waals surface area contributed by atoms with Crippen LogP contribution in [-0.4, -0.2) is 35.2 Å². The Morgan fingerprint density at radius 2 is 2.24 bits per heavy atom. The second-order valence-corrected chi connectivity index (χ2v) is 6.88. The molecule has 0 aliphatic carbocycles. The molecule has 0 aromatic heterocycles. The molecule has 4 heteroatoms. The van der Waals surface area contributed by atoms with Crippen molar-refractivity contribution in [2.24, 2.45) is 5.41 Å². The number of carbonyl (C=O) groups excluding carboxylic acids is 1. The van der Waals surface area contributed by atoms with Crippen LogP contribution in [0.2, 0.25) is 0 Å². The average molecular weight is 259 g/mol. The fraction of sp³-hybridized carbons (Fsp3) is 0.923. The van der Waals surface area contributed by atoms with Gasteiger partial charge < -0.3 is 10.4 Å². The maximum atomic E-state index is 11.9. The van der Waals surface area contributed by atoms with Crippen LogP contribution >= 0.6 is 11.8 Å². The Labute approximate surface area is 109 Å². The third-order valence-corrected chi connectivity index (χ3v) is 4.60. The second-order valence-electron chi connectivity index (χ2n) is 5.56. The van der Waals surface area contributed by atoms with E-state index in [1.165, 1.54) is 12.8 Å². The number of carbonyl (C=O) groups is 1. The van der Waals surface area contributed by atoms with Crippen molar-refractivity contribution in [2.75, 3.05) is 18.9 Å². The summed E-state index contributed by atoms with van der Waals surface area (Å²) in [6.45, 7) is 5.21. The van der Waals surface area contributed by atoms with Gasteiger partial charge >= 0.3 is 0 Å². The maximum Gasteiger partial charge on any atom is 0.233 e. The Kier molecular flexibility index (Phi) is 6.34. The van der Waals surface area contributed by atoms with E-state index < -0.39 is 0 Å². The predicted molar refractivity (Wildman–Crippen MR) is 73.2 cm³/mol. The van der Waals surface area contributed by atoms with Crippen molar-refractivity contribution >= 4 is 17.7 Å². The molecule has 0 radical (unpaired) electrons. The number of aliphatic hydroxyl groups is 1. The topological polar surface area (TPSA) is 49.3 Å². The molecule has 1 unspecified atom stereocenters. The standard InChI is InChI=1S/C13H25NO2S/c1-13(2,7-5-8-15)10-14-12(16)11-6-3-4-9-17-11/h11,15H,3-10H2,1-2H3,(H,14,16). The zero-order valence-corrected chi connectivity index (χ0v) is 11.8. The van der Waals surface area contributed by atoms with Crippen LogP contribution in [-0.2, 0) is 4.79 Å².